The Labute approximate surface area is 136 Å². The Bertz CT molecular complexity index is 562. The normalized spacial score (nSPS) is 18.5. The average Bonchev–Trinajstić information content (AvgIpc) is 3.07. The summed E-state index contributed by atoms with van der Waals surface area (Å²) in [5.74, 6) is 0.335. The largest absolute Gasteiger partial charge is 0.388 e. The highest BCUT2D eigenvalue weighted by Crippen LogP contribution is 2.31. The fraction of sp³-hybridized carbons (Fsp3) is 0.471. The van der Waals surface area contributed by atoms with Crippen LogP contribution in [-0.2, 0) is 6.54 Å². The second-order valence-electron chi connectivity index (χ2n) is 5.94. The number of piperidine rings is 1. The van der Waals surface area contributed by atoms with Crippen molar-refractivity contribution in [3.8, 4) is 0 Å². The summed E-state index contributed by atoms with van der Waals surface area (Å²) in [6.45, 7) is 4.02. The van der Waals surface area contributed by atoms with Gasteiger partial charge < -0.3 is 10.0 Å². The molecular formula is C17H22ClN3O. The molecule has 1 atom stereocenters. The van der Waals surface area contributed by atoms with Crippen molar-refractivity contribution in [3.05, 3.63) is 53.3 Å². The zero-order valence-electron chi connectivity index (χ0n) is 12.6. The number of aliphatic hydroxyl groups excluding tert-OH is 1. The van der Waals surface area contributed by atoms with Gasteiger partial charge in [-0.3, -0.25) is 4.68 Å². The maximum atomic E-state index is 10.5. The number of aliphatic hydroxyl groups is 1. The summed E-state index contributed by atoms with van der Waals surface area (Å²) in [6, 6.07) is 9.50. The third-order valence-electron chi connectivity index (χ3n) is 4.49. The molecule has 5 heteroatoms. The van der Waals surface area contributed by atoms with Crippen molar-refractivity contribution in [3.63, 3.8) is 0 Å². The zero-order valence-corrected chi connectivity index (χ0v) is 13.4. The van der Waals surface area contributed by atoms with Gasteiger partial charge in [-0.05, 0) is 55.6 Å². The van der Waals surface area contributed by atoms with E-state index in [4.69, 9.17) is 11.6 Å². The molecule has 2 aromatic rings. The van der Waals surface area contributed by atoms with Crippen molar-refractivity contribution < 1.29 is 5.11 Å². The lowest BCUT2D eigenvalue weighted by atomic mass is 9.87. The van der Waals surface area contributed by atoms with Crippen LogP contribution in [0.4, 0.5) is 0 Å². The molecule has 22 heavy (non-hydrogen) atoms. The summed E-state index contributed by atoms with van der Waals surface area (Å²) in [7, 11) is 0. The minimum Gasteiger partial charge on any atom is -0.388 e. The van der Waals surface area contributed by atoms with Crippen molar-refractivity contribution in [1.82, 2.24) is 14.7 Å². The number of nitrogens with zero attached hydrogens (tertiary/aromatic N) is 3. The summed E-state index contributed by atoms with van der Waals surface area (Å²) < 4.78 is 1.97. The van der Waals surface area contributed by atoms with Gasteiger partial charge in [0.15, 0.2) is 0 Å². The minimum atomic E-state index is -0.384. The van der Waals surface area contributed by atoms with Gasteiger partial charge in [0, 0.05) is 24.0 Å². The van der Waals surface area contributed by atoms with Crippen molar-refractivity contribution in [2.75, 3.05) is 19.6 Å². The number of hydrogen-bond acceptors (Lipinski definition) is 3. The summed E-state index contributed by atoms with van der Waals surface area (Å²) in [4.78, 5) is 2.45. The Morgan fingerprint density at radius 3 is 2.55 bits per heavy atom. The quantitative estimate of drug-likeness (QED) is 0.921. The highest BCUT2D eigenvalue weighted by atomic mass is 35.5. The first-order chi connectivity index (χ1) is 10.7. The number of hydrogen-bond donors (Lipinski definition) is 1. The molecule has 1 saturated heterocycles. The molecule has 1 aromatic carbocycles. The third-order valence-corrected chi connectivity index (χ3v) is 4.75. The molecule has 1 unspecified atom stereocenters. The second-order valence-corrected chi connectivity index (χ2v) is 6.38. The molecule has 0 saturated carbocycles. The van der Waals surface area contributed by atoms with Gasteiger partial charge in [0.2, 0.25) is 0 Å². The summed E-state index contributed by atoms with van der Waals surface area (Å²) in [6.07, 6.45) is 5.49. The second kappa shape index (κ2) is 7.27. The van der Waals surface area contributed by atoms with E-state index in [0.29, 0.717) is 10.9 Å². The topological polar surface area (TPSA) is 41.3 Å². The molecule has 0 radical (unpaired) electrons. The Kier molecular flexibility index (Phi) is 5.13. The number of likely N-dealkylation sites (tertiary alicyclic amines) is 1. The molecule has 0 amide bonds. The highest BCUT2D eigenvalue weighted by Gasteiger charge is 2.26. The Balaban J connectivity index is 1.47. The molecule has 1 fully saturated rings. The van der Waals surface area contributed by atoms with Crippen LogP contribution in [0, 0.1) is 5.92 Å². The minimum absolute atomic E-state index is 0.335. The number of benzene rings is 1. The van der Waals surface area contributed by atoms with Crippen LogP contribution in [0.2, 0.25) is 5.02 Å². The van der Waals surface area contributed by atoms with Crippen LogP contribution in [0.5, 0.6) is 0 Å². The van der Waals surface area contributed by atoms with Crippen molar-refractivity contribution >= 4 is 11.6 Å². The predicted octanol–water partition coefficient (Wildman–Crippen LogP) is 2.98. The van der Waals surface area contributed by atoms with E-state index < -0.39 is 0 Å². The molecule has 3 rings (SSSR count). The Morgan fingerprint density at radius 2 is 1.91 bits per heavy atom. The van der Waals surface area contributed by atoms with E-state index in [0.717, 1.165) is 44.6 Å². The van der Waals surface area contributed by atoms with Gasteiger partial charge in [0.05, 0.1) is 12.6 Å². The number of aromatic nitrogens is 2. The molecule has 0 bridgehead atoms. The van der Waals surface area contributed by atoms with E-state index in [1.165, 1.54) is 0 Å². The zero-order chi connectivity index (χ0) is 15.4. The van der Waals surface area contributed by atoms with Crippen molar-refractivity contribution in [1.29, 1.82) is 0 Å². The molecule has 118 valence electrons. The van der Waals surface area contributed by atoms with E-state index in [2.05, 4.69) is 10.00 Å². The van der Waals surface area contributed by atoms with Gasteiger partial charge in [-0.25, -0.2) is 0 Å². The lowest BCUT2D eigenvalue weighted by Gasteiger charge is -2.34. The lowest BCUT2D eigenvalue weighted by Crippen LogP contribution is -2.37. The van der Waals surface area contributed by atoms with E-state index in [9.17, 15) is 5.11 Å². The van der Waals surface area contributed by atoms with E-state index in [1.54, 1.807) is 0 Å². The number of rotatable bonds is 5. The molecule has 0 spiro atoms. The van der Waals surface area contributed by atoms with E-state index in [-0.39, 0.29) is 6.10 Å². The van der Waals surface area contributed by atoms with E-state index >= 15 is 0 Å². The molecule has 1 N–H and O–H groups in total. The third kappa shape index (κ3) is 3.88. The fourth-order valence-electron chi connectivity index (χ4n) is 3.10. The maximum absolute atomic E-state index is 10.5. The van der Waals surface area contributed by atoms with Crippen LogP contribution in [-0.4, -0.2) is 39.4 Å². The van der Waals surface area contributed by atoms with Crippen LogP contribution >= 0.6 is 11.6 Å². The van der Waals surface area contributed by atoms with Crippen LogP contribution < -0.4 is 0 Å². The molecular weight excluding hydrogens is 298 g/mol. The van der Waals surface area contributed by atoms with Gasteiger partial charge in [0.25, 0.3) is 0 Å². The monoisotopic (exact) mass is 319 g/mol. The van der Waals surface area contributed by atoms with Crippen molar-refractivity contribution in [2.24, 2.45) is 5.92 Å². The highest BCUT2D eigenvalue weighted by molar-refractivity contribution is 6.30. The Hall–Kier alpha value is -1.36. The number of halogens is 1. The lowest BCUT2D eigenvalue weighted by molar-refractivity contribution is 0.0577. The summed E-state index contributed by atoms with van der Waals surface area (Å²) in [5.41, 5.74) is 0.972. The first-order valence-electron chi connectivity index (χ1n) is 7.86. The first-order valence-corrected chi connectivity index (χ1v) is 8.23. The molecule has 2 heterocycles. The first kappa shape index (κ1) is 15.5. The van der Waals surface area contributed by atoms with Gasteiger partial charge in [-0.2, -0.15) is 5.10 Å². The predicted molar refractivity (Wildman–Crippen MR) is 87.8 cm³/mol. The van der Waals surface area contributed by atoms with Crippen LogP contribution in [0.1, 0.15) is 24.5 Å². The standard InChI is InChI=1S/C17H22ClN3O/c18-16-4-2-14(3-5-16)17(22)15-6-10-20(11-7-15)12-13-21-9-1-8-19-21/h1-5,8-9,15,17,22H,6-7,10-13H2. The smallest absolute Gasteiger partial charge is 0.0819 e. The van der Waals surface area contributed by atoms with E-state index in [1.807, 2.05) is 47.4 Å². The molecule has 4 nitrogen and oxygen atoms in total. The van der Waals surface area contributed by atoms with Gasteiger partial charge in [-0.1, -0.05) is 23.7 Å². The van der Waals surface area contributed by atoms with Crippen LogP contribution in [0.25, 0.3) is 0 Å². The molecule has 1 aliphatic heterocycles. The van der Waals surface area contributed by atoms with Gasteiger partial charge >= 0.3 is 0 Å². The summed E-state index contributed by atoms with van der Waals surface area (Å²) >= 11 is 5.90. The van der Waals surface area contributed by atoms with Crippen LogP contribution in [0.3, 0.4) is 0 Å². The Morgan fingerprint density at radius 1 is 1.18 bits per heavy atom. The molecule has 1 aromatic heterocycles. The fourth-order valence-corrected chi connectivity index (χ4v) is 3.23. The maximum Gasteiger partial charge on any atom is 0.0819 e. The van der Waals surface area contributed by atoms with Crippen molar-refractivity contribution in [2.45, 2.75) is 25.5 Å². The molecule has 1 aliphatic rings. The SMILES string of the molecule is OC(c1ccc(Cl)cc1)C1CCN(CCn2cccn2)CC1. The van der Waals surface area contributed by atoms with Gasteiger partial charge in [-0.15, -0.1) is 0 Å². The molecule has 0 aliphatic carbocycles. The summed E-state index contributed by atoms with van der Waals surface area (Å²) in [5, 5.41) is 15.5. The van der Waals surface area contributed by atoms with Crippen LogP contribution in [0.15, 0.2) is 42.7 Å². The van der Waals surface area contributed by atoms with Gasteiger partial charge in [0.1, 0.15) is 0 Å². The average molecular weight is 320 g/mol.